The van der Waals surface area contributed by atoms with E-state index in [2.05, 4.69) is 39.4 Å². The van der Waals surface area contributed by atoms with Crippen molar-refractivity contribution in [3.63, 3.8) is 0 Å². The molecule has 1 aromatic rings. The minimum atomic E-state index is -0.346. The Morgan fingerprint density at radius 2 is 1.76 bits per heavy atom. The first-order chi connectivity index (χ1) is 12.2. The summed E-state index contributed by atoms with van der Waals surface area (Å²) in [6.45, 7) is 6.21. The fourth-order valence-electron chi connectivity index (χ4n) is 3.55. The molecule has 0 aliphatic carbocycles. The molecule has 5 heteroatoms. The summed E-state index contributed by atoms with van der Waals surface area (Å²) >= 11 is 0. The topological polar surface area (TPSA) is 44.8 Å². The molecular weight excluding hydrogens is 314 g/mol. The smallest absolute Gasteiger partial charge is 0.250 e. The Morgan fingerprint density at radius 3 is 2.44 bits per heavy atom. The third-order valence-corrected chi connectivity index (χ3v) is 5.16. The van der Waals surface area contributed by atoms with Crippen LogP contribution >= 0.6 is 0 Å². The van der Waals surface area contributed by atoms with Crippen molar-refractivity contribution < 1.29 is 9.53 Å². The van der Waals surface area contributed by atoms with Gasteiger partial charge in [-0.3, -0.25) is 9.69 Å². The molecule has 0 radical (unpaired) electrons. The summed E-state index contributed by atoms with van der Waals surface area (Å²) in [6.07, 6.45) is 5.04. The summed E-state index contributed by atoms with van der Waals surface area (Å²) in [5.41, 5.74) is 2.49. The Hall–Kier alpha value is -1.43. The van der Waals surface area contributed by atoms with Crippen molar-refractivity contribution in [2.45, 2.75) is 44.9 Å². The number of hydrogen-bond acceptors (Lipinski definition) is 4. The maximum Gasteiger partial charge on any atom is 0.250 e. The van der Waals surface area contributed by atoms with Crippen LogP contribution < -0.4 is 5.32 Å². The number of hydrogen-bond donors (Lipinski definition) is 1. The third kappa shape index (κ3) is 5.80. The summed E-state index contributed by atoms with van der Waals surface area (Å²) in [5.74, 6) is -0.0137. The van der Waals surface area contributed by atoms with E-state index in [0.717, 1.165) is 18.7 Å². The summed E-state index contributed by atoms with van der Waals surface area (Å²) in [4.78, 5) is 16.9. The number of rotatable bonds is 5. The Bertz CT molecular complexity index is 538. The second-order valence-electron chi connectivity index (χ2n) is 7.35. The van der Waals surface area contributed by atoms with Crippen LogP contribution in [0.4, 0.5) is 0 Å². The highest BCUT2D eigenvalue weighted by Gasteiger charge is 2.24. The van der Waals surface area contributed by atoms with Gasteiger partial charge in [0, 0.05) is 26.2 Å². The number of amides is 1. The minimum Gasteiger partial charge on any atom is -0.366 e. The molecule has 1 amide bonds. The van der Waals surface area contributed by atoms with E-state index in [1.165, 1.54) is 44.3 Å². The number of benzene rings is 1. The molecule has 3 rings (SSSR count). The molecule has 1 atom stereocenters. The highest BCUT2D eigenvalue weighted by atomic mass is 16.5. The Balaban J connectivity index is 1.44. The molecule has 1 unspecified atom stereocenters. The summed E-state index contributed by atoms with van der Waals surface area (Å²) in [5, 5.41) is 3.00. The fourth-order valence-corrected chi connectivity index (χ4v) is 3.55. The van der Waals surface area contributed by atoms with E-state index in [4.69, 9.17) is 4.74 Å². The molecule has 138 valence electrons. The van der Waals surface area contributed by atoms with Crippen molar-refractivity contribution in [3.05, 3.63) is 35.4 Å². The number of ether oxygens (including phenoxy) is 1. The number of nitrogens with one attached hydrogen (secondary N) is 1. The molecule has 0 aromatic heterocycles. The first-order valence-corrected chi connectivity index (χ1v) is 9.59. The lowest BCUT2D eigenvalue weighted by Gasteiger charge is -2.29. The van der Waals surface area contributed by atoms with Crippen LogP contribution in [0.25, 0.3) is 0 Å². The summed E-state index contributed by atoms with van der Waals surface area (Å²) < 4.78 is 5.55. The maximum absolute atomic E-state index is 12.2. The number of carbonyl (C=O) groups excluding carboxylic acids is 1. The van der Waals surface area contributed by atoms with Crippen molar-refractivity contribution in [2.75, 3.05) is 39.8 Å². The molecule has 0 saturated carbocycles. The van der Waals surface area contributed by atoms with Crippen molar-refractivity contribution in [2.24, 2.45) is 0 Å². The van der Waals surface area contributed by atoms with Gasteiger partial charge < -0.3 is 15.0 Å². The van der Waals surface area contributed by atoms with Gasteiger partial charge in [0.25, 0.3) is 5.91 Å². The normalized spacial score (nSPS) is 23.2. The molecule has 2 heterocycles. The van der Waals surface area contributed by atoms with Gasteiger partial charge in [0.05, 0.1) is 6.61 Å². The number of nitrogens with zero attached hydrogens (tertiary/aromatic N) is 2. The van der Waals surface area contributed by atoms with E-state index in [9.17, 15) is 4.79 Å². The minimum absolute atomic E-state index is 0.0137. The molecule has 0 spiro atoms. The average Bonchev–Trinajstić information content (AvgIpc) is 2.89. The molecule has 2 aliphatic heterocycles. The van der Waals surface area contributed by atoms with Gasteiger partial charge in [0.15, 0.2) is 0 Å². The first-order valence-electron chi connectivity index (χ1n) is 9.59. The van der Waals surface area contributed by atoms with Gasteiger partial charge in [-0.05, 0) is 44.1 Å². The average molecular weight is 345 g/mol. The van der Waals surface area contributed by atoms with E-state index >= 15 is 0 Å². The Kier molecular flexibility index (Phi) is 6.84. The number of morpholine rings is 1. The Morgan fingerprint density at radius 1 is 1.08 bits per heavy atom. The second kappa shape index (κ2) is 9.32. The third-order valence-electron chi connectivity index (χ3n) is 5.16. The van der Waals surface area contributed by atoms with Gasteiger partial charge in [-0.25, -0.2) is 0 Å². The van der Waals surface area contributed by atoms with Crippen molar-refractivity contribution in [3.8, 4) is 0 Å². The number of likely N-dealkylation sites (tertiary alicyclic amines) is 1. The molecule has 25 heavy (non-hydrogen) atoms. The standard InChI is InChI=1S/C20H31N3O2/c1-22-12-13-25-19(16-22)20(24)21-14-17-6-8-18(9-7-17)15-23-10-4-2-3-5-11-23/h6-9,19H,2-5,10-16H2,1H3,(H,21,24). The van der Waals surface area contributed by atoms with Crippen LogP contribution in [-0.2, 0) is 22.6 Å². The highest BCUT2D eigenvalue weighted by molar-refractivity contribution is 5.81. The molecule has 5 nitrogen and oxygen atoms in total. The van der Waals surface area contributed by atoms with Crippen LogP contribution in [0.1, 0.15) is 36.8 Å². The van der Waals surface area contributed by atoms with E-state index in [0.29, 0.717) is 19.7 Å². The van der Waals surface area contributed by atoms with Crippen molar-refractivity contribution in [1.82, 2.24) is 15.1 Å². The lowest BCUT2D eigenvalue weighted by atomic mass is 10.1. The fraction of sp³-hybridized carbons (Fsp3) is 0.650. The lowest BCUT2D eigenvalue weighted by molar-refractivity contribution is -0.137. The van der Waals surface area contributed by atoms with Crippen LogP contribution in [-0.4, -0.2) is 61.6 Å². The zero-order valence-corrected chi connectivity index (χ0v) is 15.4. The molecule has 0 bridgehead atoms. The van der Waals surface area contributed by atoms with Crippen LogP contribution in [0, 0.1) is 0 Å². The lowest BCUT2D eigenvalue weighted by Crippen LogP contribution is -2.48. The van der Waals surface area contributed by atoms with Crippen LogP contribution in [0.5, 0.6) is 0 Å². The predicted molar refractivity (Wildman–Crippen MR) is 99.3 cm³/mol. The van der Waals surface area contributed by atoms with Crippen LogP contribution in [0.2, 0.25) is 0 Å². The number of likely N-dealkylation sites (N-methyl/N-ethyl adjacent to an activating group) is 1. The van der Waals surface area contributed by atoms with Gasteiger partial charge >= 0.3 is 0 Å². The van der Waals surface area contributed by atoms with Gasteiger partial charge in [0.2, 0.25) is 0 Å². The van der Waals surface area contributed by atoms with Gasteiger partial charge in [-0.2, -0.15) is 0 Å². The van der Waals surface area contributed by atoms with Crippen molar-refractivity contribution in [1.29, 1.82) is 0 Å². The SMILES string of the molecule is CN1CCOC(C(=O)NCc2ccc(CN3CCCCCC3)cc2)C1. The van der Waals surface area contributed by atoms with E-state index in [-0.39, 0.29) is 12.0 Å². The molecular formula is C20H31N3O2. The predicted octanol–water partition coefficient (Wildman–Crippen LogP) is 2.01. The molecule has 2 aliphatic rings. The second-order valence-corrected chi connectivity index (χ2v) is 7.35. The summed E-state index contributed by atoms with van der Waals surface area (Å²) in [6, 6.07) is 8.64. The van der Waals surface area contributed by atoms with Crippen LogP contribution in [0.15, 0.2) is 24.3 Å². The van der Waals surface area contributed by atoms with Crippen LogP contribution in [0.3, 0.4) is 0 Å². The zero-order chi connectivity index (χ0) is 17.5. The Labute approximate surface area is 151 Å². The molecule has 2 saturated heterocycles. The van der Waals surface area contributed by atoms with Crippen molar-refractivity contribution >= 4 is 5.91 Å². The monoisotopic (exact) mass is 345 g/mol. The maximum atomic E-state index is 12.2. The summed E-state index contributed by atoms with van der Waals surface area (Å²) in [7, 11) is 2.02. The van der Waals surface area contributed by atoms with E-state index < -0.39 is 0 Å². The van der Waals surface area contributed by atoms with E-state index in [1.54, 1.807) is 0 Å². The first kappa shape index (κ1) is 18.4. The largest absolute Gasteiger partial charge is 0.366 e. The van der Waals surface area contributed by atoms with Gasteiger partial charge in [-0.15, -0.1) is 0 Å². The zero-order valence-electron chi connectivity index (χ0n) is 15.4. The van der Waals surface area contributed by atoms with Gasteiger partial charge in [0.1, 0.15) is 6.10 Å². The quantitative estimate of drug-likeness (QED) is 0.887. The molecule has 1 N–H and O–H groups in total. The highest BCUT2D eigenvalue weighted by Crippen LogP contribution is 2.14. The van der Waals surface area contributed by atoms with E-state index in [1.807, 2.05) is 7.05 Å². The van der Waals surface area contributed by atoms with Gasteiger partial charge in [-0.1, -0.05) is 37.1 Å². The molecule has 1 aromatic carbocycles. The number of carbonyl (C=O) groups is 1. The molecule has 2 fully saturated rings.